The summed E-state index contributed by atoms with van der Waals surface area (Å²) in [5.41, 5.74) is 3.47. The smallest absolute Gasteiger partial charge is 0.223 e. The topological polar surface area (TPSA) is 32.3 Å². The van der Waals surface area contributed by atoms with Gasteiger partial charge in [-0.15, -0.1) is 6.58 Å². The molecule has 1 aliphatic heterocycles. The minimum Gasteiger partial charge on any atom is -0.383 e. The van der Waals surface area contributed by atoms with Crippen LogP contribution >= 0.6 is 0 Å². The Hall–Kier alpha value is -1.77. The first kappa shape index (κ1) is 13.7. The van der Waals surface area contributed by atoms with Crippen molar-refractivity contribution in [1.29, 1.82) is 0 Å². The van der Waals surface area contributed by atoms with Crippen molar-refractivity contribution < 1.29 is 4.79 Å². The lowest BCUT2D eigenvalue weighted by molar-refractivity contribution is -0.116. The predicted octanol–water partition coefficient (Wildman–Crippen LogP) is 3.36. The lowest BCUT2D eigenvalue weighted by Gasteiger charge is -2.17. The summed E-state index contributed by atoms with van der Waals surface area (Å²) in [6.45, 7) is 8.36. The van der Waals surface area contributed by atoms with Crippen molar-refractivity contribution in [1.82, 2.24) is 0 Å². The molecule has 1 atom stereocenters. The molecule has 0 aliphatic carbocycles. The molecule has 0 radical (unpaired) electrons. The lowest BCUT2D eigenvalue weighted by atomic mass is 10.1. The van der Waals surface area contributed by atoms with Gasteiger partial charge in [0.25, 0.3) is 0 Å². The van der Waals surface area contributed by atoms with Crippen LogP contribution in [0, 0.1) is 0 Å². The number of benzene rings is 1. The fourth-order valence-corrected chi connectivity index (χ4v) is 2.54. The first-order valence-corrected chi connectivity index (χ1v) is 6.90. The van der Waals surface area contributed by atoms with Crippen molar-refractivity contribution in [3.63, 3.8) is 0 Å². The van der Waals surface area contributed by atoms with E-state index in [0.717, 1.165) is 37.2 Å². The van der Waals surface area contributed by atoms with Gasteiger partial charge in [-0.1, -0.05) is 6.08 Å². The van der Waals surface area contributed by atoms with Crippen LogP contribution in [0.1, 0.15) is 32.3 Å². The summed E-state index contributed by atoms with van der Waals surface area (Å²) in [6, 6.07) is 6.71. The van der Waals surface area contributed by atoms with Crippen LogP contribution in [0.25, 0.3) is 0 Å². The van der Waals surface area contributed by atoms with Gasteiger partial charge in [0, 0.05) is 30.9 Å². The standard InChI is InChI=1S/C16H22N2O/c1-4-5-6-12(2)17-15-7-8-16-14(11-15)9-10-18(16)13(3)19/h4,7-8,11-12,17H,1,5-6,9-10H2,2-3H3. The van der Waals surface area contributed by atoms with Crippen LogP contribution in [-0.4, -0.2) is 18.5 Å². The largest absolute Gasteiger partial charge is 0.383 e. The van der Waals surface area contributed by atoms with Crippen LogP contribution < -0.4 is 10.2 Å². The van der Waals surface area contributed by atoms with Crippen molar-refractivity contribution >= 4 is 17.3 Å². The Bertz CT molecular complexity index is 482. The van der Waals surface area contributed by atoms with Gasteiger partial charge in [-0.2, -0.15) is 0 Å². The van der Waals surface area contributed by atoms with Gasteiger partial charge in [0.1, 0.15) is 0 Å². The second kappa shape index (κ2) is 5.91. The zero-order valence-corrected chi connectivity index (χ0v) is 11.8. The maximum Gasteiger partial charge on any atom is 0.223 e. The van der Waals surface area contributed by atoms with Crippen LogP contribution in [0.2, 0.25) is 0 Å². The van der Waals surface area contributed by atoms with E-state index in [0.29, 0.717) is 6.04 Å². The highest BCUT2D eigenvalue weighted by atomic mass is 16.2. The van der Waals surface area contributed by atoms with Crippen LogP contribution in [0.4, 0.5) is 11.4 Å². The Labute approximate surface area is 115 Å². The van der Waals surface area contributed by atoms with Gasteiger partial charge in [-0.05, 0) is 49.9 Å². The average molecular weight is 258 g/mol. The molecule has 3 nitrogen and oxygen atoms in total. The number of hydrogen-bond acceptors (Lipinski definition) is 2. The summed E-state index contributed by atoms with van der Waals surface area (Å²) in [4.78, 5) is 13.3. The summed E-state index contributed by atoms with van der Waals surface area (Å²) in [7, 11) is 0. The molecule has 1 amide bonds. The maximum atomic E-state index is 11.5. The molecule has 0 bridgehead atoms. The molecule has 1 aliphatic rings. The number of nitrogens with one attached hydrogen (secondary N) is 1. The zero-order chi connectivity index (χ0) is 13.8. The summed E-state index contributed by atoms with van der Waals surface area (Å²) >= 11 is 0. The minimum atomic E-state index is 0.124. The summed E-state index contributed by atoms with van der Waals surface area (Å²) in [5, 5.41) is 3.50. The number of carbonyl (C=O) groups excluding carboxylic acids is 1. The van der Waals surface area contributed by atoms with Crippen LogP contribution in [0.5, 0.6) is 0 Å². The number of nitrogens with zero attached hydrogens (tertiary/aromatic N) is 1. The summed E-state index contributed by atoms with van der Waals surface area (Å²) in [5.74, 6) is 0.124. The molecule has 0 saturated carbocycles. The molecule has 1 unspecified atom stereocenters. The van der Waals surface area contributed by atoms with E-state index in [4.69, 9.17) is 0 Å². The molecule has 102 valence electrons. The monoisotopic (exact) mass is 258 g/mol. The van der Waals surface area contributed by atoms with E-state index < -0.39 is 0 Å². The van der Waals surface area contributed by atoms with Crippen molar-refractivity contribution in [2.24, 2.45) is 0 Å². The van der Waals surface area contributed by atoms with Crippen LogP contribution in [0.15, 0.2) is 30.9 Å². The Morgan fingerprint density at radius 3 is 3.05 bits per heavy atom. The molecule has 1 aromatic carbocycles. The Balaban J connectivity index is 2.06. The van der Waals surface area contributed by atoms with Gasteiger partial charge < -0.3 is 10.2 Å². The van der Waals surface area contributed by atoms with E-state index >= 15 is 0 Å². The van der Waals surface area contributed by atoms with Gasteiger partial charge in [-0.3, -0.25) is 4.79 Å². The number of allylic oxidation sites excluding steroid dienone is 1. The Morgan fingerprint density at radius 2 is 2.37 bits per heavy atom. The number of fused-ring (bicyclic) bond motifs is 1. The van der Waals surface area contributed by atoms with E-state index in [-0.39, 0.29) is 5.91 Å². The molecular weight excluding hydrogens is 236 g/mol. The van der Waals surface area contributed by atoms with Crippen molar-refractivity contribution in [2.45, 2.75) is 39.2 Å². The molecule has 0 spiro atoms. The minimum absolute atomic E-state index is 0.124. The third kappa shape index (κ3) is 3.16. The van der Waals surface area contributed by atoms with E-state index in [2.05, 4.69) is 31.0 Å². The van der Waals surface area contributed by atoms with E-state index in [9.17, 15) is 4.79 Å². The number of hydrogen-bond donors (Lipinski definition) is 1. The number of rotatable bonds is 5. The molecule has 0 fully saturated rings. The van der Waals surface area contributed by atoms with E-state index in [1.54, 1.807) is 6.92 Å². The van der Waals surface area contributed by atoms with Gasteiger partial charge in [0.05, 0.1) is 0 Å². The SMILES string of the molecule is C=CCCC(C)Nc1ccc2c(c1)CCN2C(C)=O. The molecule has 1 heterocycles. The zero-order valence-electron chi connectivity index (χ0n) is 11.8. The normalized spacial score (nSPS) is 14.9. The maximum absolute atomic E-state index is 11.5. The first-order valence-electron chi connectivity index (χ1n) is 6.90. The Morgan fingerprint density at radius 1 is 1.58 bits per heavy atom. The molecule has 19 heavy (non-hydrogen) atoms. The third-order valence-corrected chi connectivity index (χ3v) is 3.57. The number of carbonyl (C=O) groups is 1. The molecular formula is C16H22N2O. The number of anilines is 2. The van der Waals surface area contributed by atoms with Gasteiger partial charge in [-0.25, -0.2) is 0 Å². The lowest BCUT2D eigenvalue weighted by Crippen LogP contribution is -2.25. The molecule has 0 aromatic heterocycles. The highest BCUT2D eigenvalue weighted by molar-refractivity contribution is 5.94. The fraction of sp³-hybridized carbons (Fsp3) is 0.438. The van der Waals surface area contributed by atoms with Crippen LogP contribution in [-0.2, 0) is 11.2 Å². The quantitative estimate of drug-likeness (QED) is 0.821. The number of amides is 1. The van der Waals surface area contributed by atoms with E-state index in [1.165, 1.54) is 5.56 Å². The second-order valence-corrected chi connectivity index (χ2v) is 5.18. The first-order chi connectivity index (χ1) is 9.11. The van der Waals surface area contributed by atoms with Crippen molar-refractivity contribution in [3.05, 3.63) is 36.4 Å². The molecule has 2 rings (SSSR count). The molecule has 0 saturated heterocycles. The predicted molar refractivity (Wildman–Crippen MR) is 80.7 cm³/mol. The van der Waals surface area contributed by atoms with Crippen LogP contribution in [0.3, 0.4) is 0 Å². The van der Waals surface area contributed by atoms with Crippen molar-refractivity contribution in [3.8, 4) is 0 Å². The van der Waals surface area contributed by atoms with Gasteiger partial charge >= 0.3 is 0 Å². The average Bonchev–Trinajstić information content (AvgIpc) is 2.79. The summed E-state index contributed by atoms with van der Waals surface area (Å²) < 4.78 is 0. The highest BCUT2D eigenvalue weighted by Gasteiger charge is 2.22. The summed E-state index contributed by atoms with van der Waals surface area (Å²) in [6.07, 6.45) is 5.01. The molecule has 1 aromatic rings. The van der Waals surface area contributed by atoms with Crippen molar-refractivity contribution in [2.75, 3.05) is 16.8 Å². The molecule has 3 heteroatoms. The Kier molecular flexibility index (Phi) is 4.25. The van der Waals surface area contributed by atoms with E-state index in [1.807, 2.05) is 17.0 Å². The molecule has 1 N–H and O–H groups in total. The van der Waals surface area contributed by atoms with Gasteiger partial charge in [0.15, 0.2) is 0 Å². The highest BCUT2D eigenvalue weighted by Crippen LogP contribution is 2.30. The fourth-order valence-electron chi connectivity index (χ4n) is 2.54. The second-order valence-electron chi connectivity index (χ2n) is 5.18. The third-order valence-electron chi connectivity index (χ3n) is 3.57. The van der Waals surface area contributed by atoms with Gasteiger partial charge in [0.2, 0.25) is 5.91 Å².